The minimum atomic E-state index is 0.0454. The Kier molecular flexibility index (Phi) is 7.70. The minimum absolute atomic E-state index is 0.0454. The van der Waals surface area contributed by atoms with E-state index >= 15 is 0 Å². The van der Waals surface area contributed by atoms with Crippen molar-refractivity contribution in [1.29, 1.82) is 0 Å². The smallest absolute Gasteiger partial charge is 0.224 e. The van der Waals surface area contributed by atoms with E-state index in [-0.39, 0.29) is 5.91 Å². The van der Waals surface area contributed by atoms with Crippen molar-refractivity contribution in [2.45, 2.75) is 40.0 Å². The lowest BCUT2D eigenvalue weighted by atomic mass is 10.1. The van der Waals surface area contributed by atoms with Crippen LogP contribution >= 0.6 is 11.6 Å². The molecule has 1 saturated heterocycles. The minimum Gasteiger partial charge on any atom is -0.379 e. The molecule has 1 aromatic carbocycles. The van der Waals surface area contributed by atoms with Crippen LogP contribution in [0.5, 0.6) is 0 Å². The van der Waals surface area contributed by atoms with Crippen LogP contribution in [0.1, 0.15) is 35.4 Å². The summed E-state index contributed by atoms with van der Waals surface area (Å²) in [5.74, 6) is 0.0454. The number of aromatic nitrogens is 2. The van der Waals surface area contributed by atoms with Gasteiger partial charge in [-0.3, -0.25) is 9.69 Å². The second-order valence-electron chi connectivity index (χ2n) is 7.68. The topological polar surface area (TPSA) is 59.4 Å². The Bertz CT molecular complexity index is 844. The Hall–Kier alpha value is -1.89. The first kappa shape index (κ1) is 21.8. The maximum Gasteiger partial charge on any atom is 0.224 e. The van der Waals surface area contributed by atoms with Crippen LogP contribution in [0.4, 0.5) is 0 Å². The van der Waals surface area contributed by atoms with E-state index < -0.39 is 0 Å². The molecule has 0 aliphatic carbocycles. The van der Waals surface area contributed by atoms with Crippen molar-refractivity contribution >= 4 is 17.5 Å². The van der Waals surface area contributed by atoms with Crippen LogP contribution in [0.25, 0.3) is 5.69 Å². The molecule has 1 aliphatic heterocycles. The number of carbonyl (C=O) groups is 1. The zero-order valence-corrected chi connectivity index (χ0v) is 18.4. The monoisotopic (exact) mass is 418 g/mol. The molecule has 0 spiro atoms. The van der Waals surface area contributed by atoms with Gasteiger partial charge in [0.25, 0.3) is 0 Å². The van der Waals surface area contributed by atoms with Gasteiger partial charge in [0, 0.05) is 35.9 Å². The molecule has 1 N–H and O–H groups in total. The van der Waals surface area contributed by atoms with Crippen molar-refractivity contribution in [2.75, 3.05) is 39.4 Å². The number of benzene rings is 1. The molecule has 1 aromatic heterocycles. The molecule has 1 fully saturated rings. The molecule has 6 nitrogen and oxygen atoms in total. The number of hydrogen-bond acceptors (Lipinski definition) is 4. The van der Waals surface area contributed by atoms with Gasteiger partial charge in [-0.15, -0.1) is 0 Å². The average Bonchev–Trinajstić information content (AvgIpc) is 2.99. The zero-order valence-electron chi connectivity index (χ0n) is 17.6. The Morgan fingerprint density at radius 3 is 2.69 bits per heavy atom. The molecule has 0 unspecified atom stereocenters. The standard InChI is InChI=1S/C22H31ClN4O2/c1-16-6-7-19(14-21(16)23)27-18(3)20(17(2)25-27)15-22(28)24-8-4-5-9-26-10-12-29-13-11-26/h6-7,14H,4-5,8-13,15H2,1-3H3,(H,24,28). The van der Waals surface area contributed by atoms with Gasteiger partial charge in [-0.2, -0.15) is 5.10 Å². The molecule has 1 aliphatic rings. The van der Waals surface area contributed by atoms with Crippen molar-refractivity contribution in [3.05, 3.63) is 45.7 Å². The summed E-state index contributed by atoms with van der Waals surface area (Å²) < 4.78 is 7.23. The Labute approximate surface area is 178 Å². The summed E-state index contributed by atoms with van der Waals surface area (Å²) >= 11 is 6.26. The summed E-state index contributed by atoms with van der Waals surface area (Å²) in [6, 6.07) is 5.89. The van der Waals surface area contributed by atoms with Crippen LogP contribution in [0, 0.1) is 20.8 Å². The molecular weight excluding hydrogens is 388 g/mol. The van der Waals surface area contributed by atoms with Gasteiger partial charge in [0.05, 0.1) is 31.0 Å². The van der Waals surface area contributed by atoms with Crippen LogP contribution in [0.2, 0.25) is 5.02 Å². The maximum absolute atomic E-state index is 12.4. The van der Waals surface area contributed by atoms with E-state index in [1.54, 1.807) is 0 Å². The van der Waals surface area contributed by atoms with Gasteiger partial charge < -0.3 is 10.1 Å². The third kappa shape index (κ3) is 5.81. The van der Waals surface area contributed by atoms with Gasteiger partial charge in [-0.05, 0) is 57.9 Å². The van der Waals surface area contributed by atoms with Gasteiger partial charge in [0.1, 0.15) is 0 Å². The number of hydrogen-bond donors (Lipinski definition) is 1. The van der Waals surface area contributed by atoms with E-state index in [4.69, 9.17) is 16.3 Å². The Balaban J connectivity index is 1.50. The third-order valence-corrected chi connectivity index (χ3v) is 5.91. The molecular formula is C22H31ClN4O2. The summed E-state index contributed by atoms with van der Waals surface area (Å²) in [4.78, 5) is 14.9. The maximum atomic E-state index is 12.4. The molecule has 1 amide bonds. The molecule has 0 atom stereocenters. The van der Waals surface area contributed by atoms with Gasteiger partial charge >= 0.3 is 0 Å². The highest BCUT2D eigenvalue weighted by Gasteiger charge is 2.16. The molecule has 158 valence electrons. The second kappa shape index (κ2) is 10.2. The predicted molar refractivity (Wildman–Crippen MR) is 116 cm³/mol. The number of ether oxygens (including phenoxy) is 1. The lowest BCUT2D eigenvalue weighted by Gasteiger charge is -2.26. The number of unbranched alkanes of at least 4 members (excludes halogenated alkanes) is 1. The van der Waals surface area contributed by atoms with E-state index in [9.17, 15) is 4.79 Å². The Morgan fingerprint density at radius 2 is 1.97 bits per heavy atom. The third-order valence-electron chi connectivity index (χ3n) is 5.51. The molecule has 2 aromatic rings. The first-order valence-electron chi connectivity index (χ1n) is 10.3. The van der Waals surface area contributed by atoms with Gasteiger partial charge in [0.15, 0.2) is 0 Å². The van der Waals surface area contributed by atoms with E-state index in [1.807, 2.05) is 43.7 Å². The average molecular weight is 419 g/mol. The molecule has 0 saturated carbocycles. The quantitative estimate of drug-likeness (QED) is 0.668. The first-order valence-corrected chi connectivity index (χ1v) is 10.7. The number of carbonyl (C=O) groups excluding carboxylic acids is 1. The fourth-order valence-electron chi connectivity index (χ4n) is 3.63. The van der Waals surface area contributed by atoms with E-state index in [0.29, 0.717) is 18.0 Å². The van der Waals surface area contributed by atoms with Crippen LogP contribution in [-0.4, -0.2) is 60.0 Å². The van der Waals surface area contributed by atoms with Gasteiger partial charge in [-0.25, -0.2) is 4.68 Å². The summed E-state index contributed by atoms with van der Waals surface area (Å²) in [5.41, 5.74) is 4.78. The Morgan fingerprint density at radius 1 is 1.21 bits per heavy atom. The van der Waals surface area contributed by atoms with Crippen LogP contribution in [0.3, 0.4) is 0 Å². The van der Waals surface area contributed by atoms with Crippen molar-refractivity contribution in [1.82, 2.24) is 20.0 Å². The zero-order chi connectivity index (χ0) is 20.8. The summed E-state index contributed by atoms with van der Waals surface area (Å²) in [6.45, 7) is 11.4. The van der Waals surface area contributed by atoms with Gasteiger partial charge in [0.2, 0.25) is 5.91 Å². The summed E-state index contributed by atoms with van der Waals surface area (Å²) in [5, 5.41) is 8.39. The van der Waals surface area contributed by atoms with Gasteiger partial charge in [-0.1, -0.05) is 17.7 Å². The number of nitrogens with zero attached hydrogens (tertiary/aromatic N) is 3. The number of rotatable bonds is 8. The first-order chi connectivity index (χ1) is 14.0. The summed E-state index contributed by atoms with van der Waals surface area (Å²) in [6.07, 6.45) is 2.42. The largest absolute Gasteiger partial charge is 0.379 e. The van der Waals surface area contributed by atoms with Crippen LogP contribution in [0.15, 0.2) is 18.2 Å². The number of morpholine rings is 1. The molecule has 29 heavy (non-hydrogen) atoms. The van der Waals surface area contributed by atoms with Crippen molar-refractivity contribution in [3.63, 3.8) is 0 Å². The predicted octanol–water partition coefficient (Wildman–Crippen LogP) is 3.22. The molecule has 7 heteroatoms. The lowest BCUT2D eigenvalue weighted by Crippen LogP contribution is -2.37. The van der Waals surface area contributed by atoms with Crippen molar-refractivity contribution < 1.29 is 9.53 Å². The number of nitrogens with one attached hydrogen (secondary N) is 1. The van der Waals surface area contributed by atoms with Crippen LogP contribution < -0.4 is 5.32 Å². The van der Waals surface area contributed by atoms with Crippen LogP contribution in [-0.2, 0) is 16.0 Å². The van der Waals surface area contributed by atoms with Crippen molar-refractivity contribution in [3.8, 4) is 5.69 Å². The molecule has 0 radical (unpaired) electrons. The summed E-state index contributed by atoms with van der Waals surface area (Å²) in [7, 11) is 0. The van der Waals surface area contributed by atoms with E-state index in [1.165, 1.54) is 0 Å². The normalized spacial score (nSPS) is 14.9. The molecule has 2 heterocycles. The fourth-order valence-corrected chi connectivity index (χ4v) is 3.81. The highest BCUT2D eigenvalue weighted by Crippen LogP contribution is 2.23. The SMILES string of the molecule is Cc1ccc(-n2nc(C)c(CC(=O)NCCCCN3CCOCC3)c2C)cc1Cl. The second-order valence-corrected chi connectivity index (χ2v) is 8.09. The number of amides is 1. The fraction of sp³-hybridized carbons (Fsp3) is 0.545. The van der Waals surface area contributed by atoms with Crippen molar-refractivity contribution in [2.24, 2.45) is 0 Å². The van der Waals surface area contributed by atoms with E-state index in [0.717, 1.165) is 73.9 Å². The lowest BCUT2D eigenvalue weighted by molar-refractivity contribution is -0.120. The number of halogens is 1. The highest BCUT2D eigenvalue weighted by atomic mass is 35.5. The molecule has 3 rings (SSSR count). The molecule has 0 bridgehead atoms. The van der Waals surface area contributed by atoms with E-state index in [2.05, 4.69) is 15.3 Å². The highest BCUT2D eigenvalue weighted by molar-refractivity contribution is 6.31. The number of aryl methyl sites for hydroxylation is 2.